The van der Waals surface area contributed by atoms with Crippen molar-refractivity contribution in [2.24, 2.45) is 5.73 Å². The molecule has 104 valence electrons. The van der Waals surface area contributed by atoms with Gasteiger partial charge in [0.15, 0.2) is 0 Å². The van der Waals surface area contributed by atoms with E-state index >= 15 is 0 Å². The van der Waals surface area contributed by atoms with Crippen LogP contribution in [0.3, 0.4) is 0 Å². The highest BCUT2D eigenvalue weighted by Crippen LogP contribution is 2.31. The summed E-state index contributed by atoms with van der Waals surface area (Å²) in [7, 11) is 0. The Morgan fingerprint density at radius 3 is 2.85 bits per heavy atom. The number of hydrogen-bond acceptors (Lipinski definition) is 3. The van der Waals surface area contributed by atoms with Gasteiger partial charge in [0.2, 0.25) is 0 Å². The van der Waals surface area contributed by atoms with Crippen molar-refractivity contribution in [3.8, 4) is 5.75 Å². The van der Waals surface area contributed by atoms with E-state index in [4.69, 9.17) is 10.5 Å². The zero-order valence-corrected chi connectivity index (χ0v) is 12.2. The van der Waals surface area contributed by atoms with Gasteiger partial charge in [-0.1, -0.05) is 24.3 Å². The van der Waals surface area contributed by atoms with Gasteiger partial charge in [0.1, 0.15) is 5.75 Å². The van der Waals surface area contributed by atoms with Gasteiger partial charge in [0.25, 0.3) is 0 Å². The lowest BCUT2D eigenvalue weighted by Gasteiger charge is -2.09. The topological polar surface area (TPSA) is 35.2 Å². The van der Waals surface area contributed by atoms with Crippen LogP contribution in [0.4, 0.5) is 0 Å². The van der Waals surface area contributed by atoms with E-state index in [-0.39, 0.29) is 6.04 Å². The molecule has 0 saturated carbocycles. The number of fused-ring (bicyclic) bond motifs is 1. The first kappa shape index (κ1) is 13.5. The quantitative estimate of drug-likeness (QED) is 0.670. The van der Waals surface area contributed by atoms with Crippen LogP contribution in [-0.2, 0) is 6.42 Å². The van der Waals surface area contributed by atoms with E-state index in [0.717, 1.165) is 31.0 Å². The Morgan fingerprint density at radius 1 is 1.15 bits per heavy atom. The molecule has 0 amide bonds. The van der Waals surface area contributed by atoms with E-state index in [1.807, 2.05) is 23.9 Å². The van der Waals surface area contributed by atoms with Crippen molar-refractivity contribution in [1.82, 2.24) is 0 Å². The summed E-state index contributed by atoms with van der Waals surface area (Å²) in [6.45, 7) is 0.727. The molecule has 0 radical (unpaired) electrons. The largest absolute Gasteiger partial charge is 0.493 e. The summed E-state index contributed by atoms with van der Waals surface area (Å²) in [5.74, 6) is 1.92. The minimum Gasteiger partial charge on any atom is -0.493 e. The number of aryl methyl sites for hydroxylation is 1. The van der Waals surface area contributed by atoms with Crippen molar-refractivity contribution in [2.75, 3.05) is 12.4 Å². The van der Waals surface area contributed by atoms with Gasteiger partial charge in [-0.3, -0.25) is 0 Å². The van der Waals surface area contributed by atoms with E-state index < -0.39 is 0 Å². The van der Waals surface area contributed by atoms with Gasteiger partial charge in [0.05, 0.1) is 6.61 Å². The normalized spacial score (nSPS) is 16.9. The number of rotatable bonds is 5. The van der Waals surface area contributed by atoms with Crippen molar-refractivity contribution in [1.29, 1.82) is 0 Å². The number of hydrogen-bond donors (Lipinski definition) is 1. The highest BCUT2D eigenvalue weighted by atomic mass is 32.2. The van der Waals surface area contributed by atoms with Crippen molar-refractivity contribution in [3.63, 3.8) is 0 Å². The first-order chi connectivity index (χ1) is 9.83. The second-order valence-electron chi connectivity index (χ2n) is 5.02. The van der Waals surface area contributed by atoms with Gasteiger partial charge < -0.3 is 10.5 Å². The molecule has 3 rings (SSSR count). The SMILES string of the molecule is NC1CCc2cc(OCCSc3ccccc3)ccc21. The van der Waals surface area contributed by atoms with Crippen LogP contribution in [0, 0.1) is 0 Å². The van der Waals surface area contributed by atoms with E-state index in [9.17, 15) is 0 Å². The molecule has 1 aliphatic rings. The zero-order valence-electron chi connectivity index (χ0n) is 11.4. The minimum atomic E-state index is 0.215. The van der Waals surface area contributed by atoms with Gasteiger partial charge in [-0.2, -0.15) is 0 Å². The molecule has 2 N–H and O–H groups in total. The molecule has 3 heteroatoms. The Balaban J connectivity index is 1.50. The second-order valence-corrected chi connectivity index (χ2v) is 6.18. The number of benzene rings is 2. The van der Waals surface area contributed by atoms with Crippen LogP contribution in [0.2, 0.25) is 0 Å². The Kier molecular flexibility index (Phi) is 4.28. The predicted octanol–water partition coefficient (Wildman–Crippen LogP) is 3.80. The average Bonchev–Trinajstić information content (AvgIpc) is 2.86. The third-order valence-electron chi connectivity index (χ3n) is 3.60. The maximum absolute atomic E-state index is 6.04. The molecular weight excluding hydrogens is 266 g/mol. The number of thioether (sulfide) groups is 1. The van der Waals surface area contributed by atoms with Crippen LogP contribution >= 0.6 is 11.8 Å². The highest BCUT2D eigenvalue weighted by molar-refractivity contribution is 7.99. The average molecular weight is 285 g/mol. The van der Waals surface area contributed by atoms with Crippen molar-refractivity contribution >= 4 is 11.8 Å². The molecule has 1 aliphatic carbocycles. The van der Waals surface area contributed by atoms with E-state index in [0.29, 0.717) is 0 Å². The smallest absolute Gasteiger partial charge is 0.119 e. The lowest BCUT2D eigenvalue weighted by molar-refractivity contribution is 0.343. The number of nitrogens with two attached hydrogens (primary N) is 1. The van der Waals surface area contributed by atoms with Crippen LogP contribution in [0.1, 0.15) is 23.6 Å². The lowest BCUT2D eigenvalue weighted by Crippen LogP contribution is -2.05. The Hall–Kier alpha value is -1.45. The molecule has 0 spiro atoms. The van der Waals surface area contributed by atoms with Gasteiger partial charge in [0, 0.05) is 16.7 Å². The fraction of sp³-hybridized carbons (Fsp3) is 0.294. The maximum Gasteiger partial charge on any atom is 0.119 e. The molecule has 2 aromatic rings. The van der Waals surface area contributed by atoms with E-state index in [2.05, 4.69) is 36.4 Å². The standard InChI is InChI=1S/C17H19NOS/c18-17-9-6-13-12-14(7-8-16(13)17)19-10-11-20-15-4-2-1-3-5-15/h1-5,7-8,12,17H,6,9-11,18H2. The molecule has 0 bridgehead atoms. The first-order valence-electron chi connectivity index (χ1n) is 7.02. The lowest BCUT2D eigenvalue weighted by atomic mass is 10.1. The summed E-state index contributed by atoms with van der Waals surface area (Å²) in [6.07, 6.45) is 2.13. The second kappa shape index (κ2) is 6.33. The molecule has 1 unspecified atom stereocenters. The molecule has 2 aromatic carbocycles. The number of ether oxygens (including phenoxy) is 1. The molecule has 0 heterocycles. The fourth-order valence-corrected chi connectivity index (χ4v) is 3.30. The molecule has 2 nitrogen and oxygen atoms in total. The Labute approximate surface area is 124 Å². The Morgan fingerprint density at radius 2 is 2.00 bits per heavy atom. The molecule has 1 atom stereocenters. The van der Waals surface area contributed by atoms with E-state index in [1.54, 1.807) is 0 Å². The summed E-state index contributed by atoms with van der Waals surface area (Å²) in [6, 6.07) is 16.9. The summed E-state index contributed by atoms with van der Waals surface area (Å²) < 4.78 is 5.83. The van der Waals surface area contributed by atoms with Crippen LogP contribution < -0.4 is 10.5 Å². The molecular formula is C17H19NOS. The van der Waals surface area contributed by atoms with Gasteiger partial charge in [-0.05, 0) is 48.2 Å². The third-order valence-corrected chi connectivity index (χ3v) is 4.58. The molecule has 0 saturated heterocycles. The Bertz CT molecular complexity index is 570. The van der Waals surface area contributed by atoms with Crippen molar-refractivity contribution in [2.45, 2.75) is 23.8 Å². The molecule has 20 heavy (non-hydrogen) atoms. The van der Waals surface area contributed by atoms with E-state index in [1.165, 1.54) is 16.0 Å². The third kappa shape index (κ3) is 3.17. The minimum absolute atomic E-state index is 0.215. The van der Waals surface area contributed by atoms with Crippen LogP contribution in [0.25, 0.3) is 0 Å². The summed E-state index contributed by atoms with van der Waals surface area (Å²) >= 11 is 1.82. The highest BCUT2D eigenvalue weighted by Gasteiger charge is 2.18. The maximum atomic E-state index is 6.04. The molecule has 0 fully saturated rings. The molecule has 0 aromatic heterocycles. The van der Waals surface area contributed by atoms with Crippen LogP contribution in [-0.4, -0.2) is 12.4 Å². The fourth-order valence-electron chi connectivity index (χ4n) is 2.55. The van der Waals surface area contributed by atoms with Crippen molar-refractivity contribution in [3.05, 3.63) is 59.7 Å². The van der Waals surface area contributed by atoms with Gasteiger partial charge in [-0.25, -0.2) is 0 Å². The van der Waals surface area contributed by atoms with Gasteiger partial charge >= 0.3 is 0 Å². The summed E-state index contributed by atoms with van der Waals surface area (Å²) in [5, 5.41) is 0. The van der Waals surface area contributed by atoms with Crippen molar-refractivity contribution < 1.29 is 4.74 Å². The monoisotopic (exact) mass is 285 g/mol. The van der Waals surface area contributed by atoms with Crippen LogP contribution in [0.5, 0.6) is 5.75 Å². The predicted molar refractivity (Wildman–Crippen MR) is 84.4 cm³/mol. The van der Waals surface area contributed by atoms with Crippen LogP contribution in [0.15, 0.2) is 53.4 Å². The summed E-state index contributed by atoms with van der Waals surface area (Å²) in [5.41, 5.74) is 8.68. The zero-order chi connectivity index (χ0) is 13.8. The van der Waals surface area contributed by atoms with Gasteiger partial charge in [-0.15, -0.1) is 11.8 Å². The first-order valence-corrected chi connectivity index (χ1v) is 8.00. The summed E-state index contributed by atoms with van der Waals surface area (Å²) in [4.78, 5) is 1.29. The molecule has 0 aliphatic heterocycles.